The van der Waals surface area contributed by atoms with Crippen LogP contribution >= 0.6 is 0 Å². The number of carbonyl (C=O) groups excluding carboxylic acids is 4. The van der Waals surface area contributed by atoms with Gasteiger partial charge >= 0.3 is 0 Å². The number of ether oxygens (including phenoxy) is 1. The molecule has 3 N–H and O–H groups in total. The SMILES string of the molecule is COc1cc(N2CCN(c3ncc(-c4cc(C5=CCCN(C(=O)CCn6cccn6)C5)c(F)c5[nH]c(C(=O)N(C)C)cc45)c(F)c3F)CC2)c(F)cc1NC1CCC(=O)NC1=O. The summed E-state index contributed by atoms with van der Waals surface area (Å²) < 4.78 is 72.1. The van der Waals surface area contributed by atoms with E-state index in [1.807, 2.05) is 6.08 Å². The fraction of sp³-hybridized carbons (Fsp3) is 0.349. The molecule has 1 atom stereocenters. The second kappa shape index (κ2) is 17.2. The first-order chi connectivity index (χ1) is 29.8. The summed E-state index contributed by atoms with van der Waals surface area (Å²) in [5, 5.41) is 9.49. The van der Waals surface area contributed by atoms with E-state index in [0.29, 0.717) is 25.1 Å². The molecule has 3 aliphatic heterocycles. The van der Waals surface area contributed by atoms with E-state index in [1.54, 1.807) is 37.8 Å². The van der Waals surface area contributed by atoms with E-state index in [1.165, 1.54) is 56.6 Å². The van der Waals surface area contributed by atoms with Crippen molar-refractivity contribution in [1.82, 2.24) is 34.9 Å². The molecule has 0 radical (unpaired) electrons. The van der Waals surface area contributed by atoms with Crippen molar-refractivity contribution in [2.45, 2.75) is 38.3 Å². The van der Waals surface area contributed by atoms with Crippen LogP contribution in [0.4, 0.5) is 34.8 Å². The Morgan fingerprint density at radius 3 is 2.44 bits per heavy atom. The third-order valence-corrected chi connectivity index (χ3v) is 11.4. The lowest BCUT2D eigenvalue weighted by Gasteiger charge is -2.37. The van der Waals surface area contributed by atoms with Gasteiger partial charge in [-0.15, -0.1) is 0 Å². The molecule has 6 heterocycles. The Labute approximate surface area is 353 Å². The summed E-state index contributed by atoms with van der Waals surface area (Å²) in [4.78, 5) is 63.6. The number of aromatic nitrogens is 4. The minimum atomic E-state index is -1.24. The van der Waals surface area contributed by atoms with Gasteiger partial charge in [0.15, 0.2) is 17.5 Å². The molecule has 2 aromatic carbocycles. The summed E-state index contributed by atoms with van der Waals surface area (Å²) in [6, 6.07) is 6.52. The van der Waals surface area contributed by atoms with Gasteiger partial charge in [0.25, 0.3) is 5.91 Å². The molecule has 2 saturated heterocycles. The highest BCUT2D eigenvalue weighted by Gasteiger charge is 2.31. The molecule has 1 unspecified atom stereocenters. The van der Waals surface area contributed by atoms with Gasteiger partial charge < -0.3 is 34.6 Å². The zero-order valence-corrected chi connectivity index (χ0v) is 34.2. The summed E-state index contributed by atoms with van der Waals surface area (Å²) in [6.45, 7) is 1.56. The van der Waals surface area contributed by atoms with Crippen LogP contribution in [0.2, 0.25) is 0 Å². The lowest BCUT2D eigenvalue weighted by molar-refractivity contribution is -0.134. The summed E-state index contributed by atoms with van der Waals surface area (Å²) in [5.41, 5.74) is 0.747. The summed E-state index contributed by atoms with van der Waals surface area (Å²) in [7, 11) is 4.47. The van der Waals surface area contributed by atoms with Crippen LogP contribution in [-0.2, 0) is 20.9 Å². The molecule has 324 valence electrons. The molecule has 15 nitrogen and oxygen atoms in total. The van der Waals surface area contributed by atoms with Crippen molar-refractivity contribution in [2.75, 3.05) is 75.6 Å². The Kier molecular flexibility index (Phi) is 11.6. The van der Waals surface area contributed by atoms with Crippen LogP contribution in [0.25, 0.3) is 27.6 Å². The van der Waals surface area contributed by atoms with Crippen molar-refractivity contribution in [2.24, 2.45) is 0 Å². The maximum Gasteiger partial charge on any atom is 0.269 e. The number of fused-ring (bicyclic) bond motifs is 1. The molecular weight excluding hydrogens is 813 g/mol. The smallest absolute Gasteiger partial charge is 0.269 e. The van der Waals surface area contributed by atoms with Gasteiger partial charge in [-0.25, -0.2) is 18.2 Å². The minimum Gasteiger partial charge on any atom is -0.495 e. The standard InChI is InChI=1S/C43H44F4N10O5/c1-53(2)43(61)32-19-27-26(18-25(38(46)40(27)51-32)24-6-4-11-56(23-24)36(59)9-13-57-12-5-10-49-57)28-22-48-41(39(47)37(28)45)55-16-14-54(15-17-55)33-21-34(62-3)31(20-29(33)44)50-30-7-8-35(58)52-42(30)60/h5-6,10,12,18-22,30,50-51H,4,7-9,11,13-17,23H2,1-3H3,(H,52,58,60). The predicted octanol–water partition coefficient (Wildman–Crippen LogP) is 4.94. The molecule has 8 rings (SSSR count). The Bertz CT molecular complexity index is 2600. The molecule has 19 heteroatoms. The third kappa shape index (κ3) is 8.13. The first kappa shape index (κ1) is 41.8. The third-order valence-electron chi connectivity index (χ3n) is 11.4. The van der Waals surface area contributed by atoms with E-state index in [0.717, 1.165) is 0 Å². The molecule has 4 amide bonds. The summed E-state index contributed by atoms with van der Waals surface area (Å²) >= 11 is 0. The first-order valence-corrected chi connectivity index (χ1v) is 20.1. The highest BCUT2D eigenvalue weighted by Crippen LogP contribution is 2.40. The average Bonchev–Trinajstić information content (AvgIpc) is 3.97. The van der Waals surface area contributed by atoms with Crippen molar-refractivity contribution < 1.29 is 41.5 Å². The number of imide groups is 1. The molecular formula is C43H44F4N10O5. The Morgan fingerprint density at radius 1 is 0.952 bits per heavy atom. The van der Waals surface area contributed by atoms with Crippen LogP contribution in [0, 0.1) is 23.3 Å². The van der Waals surface area contributed by atoms with Gasteiger partial charge in [-0.1, -0.05) is 6.08 Å². The molecule has 3 aliphatic rings. The number of halogens is 4. The number of H-pyrrole nitrogens is 1. The van der Waals surface area contributed by atoms with Gasteiger partial charge in [-0.3, -0.25) is 29.2 Å². The fourth-order valence-electron chi connectivity index (χ4n) is 8.13. The largest absolute Gasteiger partial charge is 0.495 e. The number of anilines is 3. The van der Waals surface area contributed by atoms with E-state index in [4.69, 9.17) is 4.74 Å². The van der Waals surface area contributed by atoms with Crippen molar-refractivity contribution >= 4 is 57.3 Å². The van der Waals surface area contributed by atoms with Gasteiger partial charge in [0.1, 0.15) is 23.3 Å². The van der Waals surface area contributed by atoms with Gasteiger partial charge in [-0.05, 0) is 42.2 Å². The van der Waals surface area contributed by atoms with Crippen LogP contribution in [0.1, 0.15) is 41.7 Å². The number of nitrogens with zero attached hydrogens (tertiary/aromatic N) is 7. The number of aromatic amines is 1. The van der Waals surface area contributed by atoms with Crippen molar-refractivity contribution in [3.63, 3.8) is 0 Å². The van der Waals surface area contributed by atoms with E-state index in [2.05, 4.69) is 25.7 Å². The van der Waals surface area contributed by atoms with Crippen LogP contribution in [0.3, 0.4) is 0 Å². The number of hydrogen-bond donors (Lipinski definition) is 3. The quantitative estimate of drug-likeness (QED) is 0.123. The number of hydrogen-bond acceptors (Lipinski definition) is 10. The Balaban J connectivity index is 1.04. The fourth-order valence-corrected chi connectivity index (χ4v) is 8.13. The van der Waals surface area contributed by atoms with Crippen LogP contribution in [0.5, 0.6) is 5.75 Å². The Hall–Kier alpha value is -6.92. The van der Waals surface area contributed by atoms with Crippen LogP contribution < -0.4 is 25.2 Å². The van der Waals surface area contributed by atoms with E-state index < -0.39 is 41.1 Å². The normalized spacial score (nSPS) is 17.0. The number of benzene rings is 2. The van der Waals surface area contributed by atoms with Gasteiger partial charge in [0.2, 0.25) is 23.5 Å². The second-order valence-corrected chi connectivity index (χ2v) is 15.6. The lowest BCUT2D eigenvalue weighted by atomic mass is 9.93. The molecule has 0 aliphatic carbocycles. The highest BCUT2D eigenvalue weighted by molar-refractivity contribution is 6.05. The number of amides is 4. The number of rotatable bonds is 11. The highest BCUT2D eigenvalue weighted by atomic mass is 19.2. The van der Waals surface area contributed by atoms with E-state index in [9.17, 15) is 19.2 Å². The van der Waals surface area contributed by atoms with Crippen LogP contribution in [0.15, 0.2) is 55.0 Å². The predicted molar refractivity (Wildman–Crippen MR) is 223 cm³/mol. The second-order valence-electron chi connectivity index (χ2n) is 15.6. The first-order valence-electron chi connectivity index (χ1n) is 20.1. The van der Waals surface area contributed by atoms with Gasteiger partial charge in [-0.2, -0.15) is 9.49 Å². The number of pyridine rings is 1. The number of carbonyl (C=O) groups is 4. The minimum absolute atomic E-state index is 0.0351. The van der Waals surface area contributed by atoms with Gasteiger partial charge in [0, 0.05) is 120 Å². The maximum absolute atomic E-state index is 16.6. The molecule has 5 aromatic rings. The number of piperidine rings is 1. The molecule has 62 heavy (non-hydrogen) atoms. The summed E-state index contributed by atoms with van der Waals surface area (Å²) in [6.07, 6.45) is 7.35. The Morgan fingerprint density at radius 2 is 1.73 bits per heavy atom. The molecule has 2 fully saturated rings. The molecule has 0 saturated carbocycles. The molecule has 0 spiro atoms. The lowest BCUT2D eigenvalue weighted by Crippen LogP contribution is -2.48. The summed E-state index contributed by atoms with van der Waals surface area (Å²) in [5.74, 6) is -5.29. The zero-order valence-electron chi connectivity index (χ0n) is 34.2. The number of aryl methyl sites for hydroxylation is 1. The monoisotopic (exact) mass is 856 g/mol. The molecule has 0 bridgehead atoms. The average molecular weight is 857 g/mol. The topological polar surface area (TPSA) is 161 Å². The van der Waals surface area contributed by atoms with Crippen LogP contribution in [-0.4, -0.2) is 120 Å². The van der Waals surface area contributed by atoms with E-state index in [-0.39, 0.29) is 120 Å². The van der Waals surface area contributed by atoms with Gasteiger partial charge in [0.05, 0.1) is 24.0 Å². The zero-order chi connectivity index (χ0) is 43.8. The van der Waals surface area contributed by atoms with Crippen molar-refractivity contribution in [3.8, 4) is 16.9 Å². The number of methoxy groups -OCH3 is 1. The maximum atomic E-state index is 16.6. The van der Waals surface area contributed by atoms with Crippen molar-refractivity contribution in [1.29, 1.82) is 0 Å². The van der Waals surface area contributed by atoms with Crippen molar-refractivity contribution in [3.05, 3.63) is 89.5 Å². The van der Waals surface area contributed by atoms with E-state index >= 15 is 17.6 Å². The number of nitrogens with one attached hydrogen (secondary N) is 3. The number of piperazine rings is 1. The molecule has 3 aromatic heterocycles.